The number of thioether (sulfide) groups is 1. The van der Waals surface area contributed by atoms with Crippen LogP contribution in [0.2, 0.25) is 0 Å². The average molecular weight is 365 g/mol. The van der Waals surface area contributed by atoms with Gasteiger partial charge in [0.05, 0.1) is 11.0 Å². The molecular weight excluding hydrogens is 346 g/mol. The minimum Gasteiger partial charge on any atom is -0.350 e. The number of hydrogen-bond acceptors (Lipinski definition) is 6. The Hall–Kier alpha value is -1.90. The number of hydrogen-bond donors (Lipinski definition) is 1. The fraction of sp³-hybridized carbons (Fsp3) is 0.312. The first-order valence-electron chi connectivity index (χ1n) is 7.24. The van der Waals surface area contributed by atoms with Crippen molar-refractivity contribution in [3.05, 3.63) is 56.3 Å². The molecule has 1 aromatic carbocycles. The lowest BCUT2D eigenvalue weighted by atomic mass is 10.1. The summed E-state index contributed by atoms with van der Waals surface area (Å²) in [6, 6.07) is 8.59. The van der Waals surface area contributed by atoms with Crippen molar-refractivity contribution in [2.24, 2.45) is 0 Å². The van der Waals surface area contributed by atoms with E-state index in [-0.39, 0.29) is 17.3 Å². The van der Waals surface area contributed by atoms with Gasteiger partial charge in [0.1, 0.15) is 5.56 Å². The first-order valence-corrected chi connectivity index (χ1v) is 9.35. The number of nitro groups is 1. The van der Waals surface area contributed by atoms with Gasteiger partial charge >= 0.3 is 0 Å². The van der Waals surface area contributed by atoms with Gasteiger partial charge in [-0.25, -0.2) is 0 Å². The van der Waals surface area contributed by atoms with E-state index < -0.39 is 10.8 Å². The number of rotatable bonds is 7. The number of carbonyl (C=O) groups is 1. The summed E-state index contributed by atoms with van der Waals surface area (Å²) in [5.41, 5.74) is -0.0848. The molecule has 0 spiro atoms. The SMILES string of the molecule is CSc1ccc([N+](=O)[O-])c(C(=O)NCC(c2cccs2)N(C)C)c1. The molecule has 0 aliphatic carbocycles. The second kappa shape index (κ2) is 8.27. The molecule has 0 aliphatic heterocycles. The number of thiophene rings is 1. The molecule has 8 heteroatoms. The molecular formula is C16H19N3O3S2. The lowest BCUT2D eigenvalue weighted by molar-refractivity contribution is -0.385. The molecule has 0 aliphatic rings. The first-order chi connectivity index (χ1) is 11.4. The Morgan fingerprint density at radius 2 is 2.17 bits per heavy atom. The smallest absolute Gasteiger partial charge is 0.282 e. The zero-order chi connectivity index (χ0) is 17.7. The summed E-state index contributed by atoms with van der Waals surface area (Å²) in [5.74, 6) is -0.430. The van der Waals surface area contributed by atoms with E-state index in [1.807, 2.05) is 42.8 Å². The number of carbonyl (C=O) groups excluding carboxylic acids is 1. The molecule has 1 unspecified atom stereocenters. The molecule has 1 aromatic heterocycles. The van der Waals surface area contributed by atoms with Gasteiger partial charge in [0.25, 0.3) is 11.6 Å². The summed E-state index contributed by atoms with van der Waals surface area (Å²) in [7, 11) is 3.88. The minimum atomic E-state index is -0.526. The highest BCUT2D eigenvalue weighted by atomic mass is 32.2. The fourth-order valence-electron chi connectivity index (χ4n) is 2.29. The van der Waals surface area contributed by atoms with E-state index in [0.29, 0.717) is 6.54 Å². The van der Waals surface area contributed by atoms with Crippen molar-refractivity contribution < 1.29 is 9.72 Å². The van der Waals surface area contributed by atoms with Crippen LogP contribution in [0.5, 0.6) is 0 Å². The van der Waals surface area contributed by atoms with Crippen molar-refractivity contribution in [1.29, 1.82) is 0 Å². The Morgan fingerprint density at radius 3 is 2.71 bits per heavy atom. The summed E-state index contributed by atoms with van der Waals surface area (Å²) in [6.45, 7) is 0.382. The molecule has 0 saturated heterocycles. The maximum atomic E-state index is 12.5. The lowest BCUT2D eigenvalue weighted by Crippen LogP contribution is -2.34. The van der Waals surface area contributed by atoms with Gasteiger partial charge in [-0.3, -0.25) is 14.9 Å². The molecule has 1 N–H and O–H groups in total. The largest absolute Gasteiger partial charge is 0.350 e. The topological polar surface area (TPSA) is 75.5 Å². The number of benzene rings is 1. The third-order valence-corrected chi connectivity index (χ3v) is 5.29. The van der Waals surface area contributed by atoms with E-state index in [9.17, 15) is 14.9 Å². The number of likely N-dealkylation sites (N-methyl/N-ethyl adjacent to an activating group) is 1. The van der Waals surface area contributed by atoms with E-state index in [2.05, 4.69) is 5.32 Å². The summed E-state index contributed by atoms with van der Waals surface area (Å²) < 4.78 is 0. The highest BCUT2D eigenvalue weighted by Gasteiger charge is 2.22. The van der Waals surface area contributed by atoms with Crippen LogP contribution in [-0.2, 0) is 0 Å². The van der Waals surface area contributed by atoms with E-state index in [1.54, 1.807) is 23.5 Å². The standard InChI is InChI=1S/C16H19N3O3S2/c1-18(2)14(15-5-4-8-24-15)10-17-16(20)12-9-11(23-3)6-7-13(12)19(21)22/h4-9,14H,10H2,1-3H3,(H,17,20). The molecule has 0 bridgehead atoms. The van der Waals surface area contributed by atoms with Gasteiger partial charge in [0.2, 0.25) is 0 Å². The van der Waals surface area contributed by atoms with Crippen LogP contribution in [0.3, 0.4) is 0 Å². The highest BCUT2D eigenvalue weighted by Crippen LogP contribution is 2.26. The third kappa shape index (κ3) is 4.34. The summed E-state index contributed by atoms with van der Waals surface area (Å²) in [4.78, 5) is 27.1. The normalized spacial score (nSPS) is 12.2. The third-order valence-electron chi connectivity index (χ3n) is 3.60. The van der Waals surface area contributed by atoms with E-state index in [4.69, 9.17) is 0 Å². The maximum Gasteiger partial charge on any atom is 0.282 e. The Kier molecular flexibility index (Phi) is 6.36. The van der Waals surface area contributed by atoms with Crippen molar-refractivity contribution in [1.82, 2.24) is 10.2 Å². The van der Waals surface area contributed by atoms with Crippen molar-refractivity contribution >= 4 is 34.7 Å². The van der Waals surface area contributed by atoms with Crippen molar-refractivity contribution in [2.45, 2.75) is 10.9 Å². The minimum absolute atomic E-state index is 0.0248. The van der Waals surface area contributed by atoms with Gasteiger partial charge in [-0.2, -0.15) is 0 Å². The summed E-state index contributed by atoms with van der Waals surface area (Å²) in [5, 5.41) is 16.0. The number of amides is 1. The van der Waals surface area contributed by atoms with Crippen LogP contribution in [-0.4, -0.2) is 42.6 Å². The zero-order valence-corrected chi connectivity index (χ0v) is 15.3. The van der Waals surface area contributed by atoms with Crippen molar-refractivity contribution in [2.75, 3.05) is 26.9 Å². The van der Waals surface area contributed by atoms with Gasteiger partial charge < -0.3 is 10.2 Å². The molecule has 1 amide bonds. The van der Waals surface area contributed by atoms with Crippen LogP contribution >= 0.6 is 23.1 Å². The molecule has 0 fully saturated rings. The van der Waals surface area contributed by atoms with Crippen LogP contribution in [0, 0.1) is 10.1 Å². The van der Waals surface area contributed by atoms with Gasteiger partial charge in [0.15, 0.2) is 0 Å². The highest BCUT2D eigenvalue weighted by molar-refractivity contribution is 7.98. The molecule has 0 saturated carbocycles. The Balaban J connectivity index is 2.18. The van der Waals surface area contributed by atoms with Gasteiger partial charge in [-0.1, -0.05) is 6.07 Å². The van der Waals surface area contributed by atoms with E-state index in [0.717, 1.165) is 9.77 Å². The Bertz CT molecular complexity index is 717. The van der Waals surface area contributed by atoms with E-state index >= 15 is 0 Å². The number of nitrogens with zero attached hydrogens (tertiary/aromatic N) is 2. The predicted molar refractivity (Wildman–Crippen MR) is 98.0 cm³/mol. The summed E-state index contributed by atoms with van der Waals surface area (Å²) >= 11 is 3.06. The lowest BCUT2D eigenvalue weighted by Gasteiger charge is -2.23. The van der Waals surface area contributed by atoms with Crippen molar-refractivity contribution in [3.8, 4) is 0 Å². The maximum absolute atomic E-state index is 12.5. The zero-order valence-electron chi connectivity index (χ0n) is 13.7. The predicted octanol–water partition coefficient (Wildman–Crippen LogP) is 3.41. The van der Waals surface area contributed by atoms with Gasteiger partial charge in [-0.15, -0.1) is 23.1 Å². The number of nitrogens with one attached hydrogen (secondary N) is 1. The fourth-order valence-corrected chi connectivity index (χ4v) is 3.65. The first kappa shape index (κ1) is 18.4. The second-order valence-corrected chi connectivity index (χ2v) is 7.20. The average Bonchev–Trinajstić information content (AvgIpc) is 3.08. The molecule has 0 radical (unpaired) electrons. The number of nitro benzene ring substituents is 1. The monoisotopic (exact) mass is 365 g/mol. The second-order valence-electron chi connectivity index (χ2n) is 5.35. The summed E-state index contributed by atoms with van der Waals surface area (Å²) in [6.07, 6.45) is 1.86. The molecule has 1 atom stereocenters. The Labute approximate surface area is 149 Å². The molecule has 2 rings (SSSR count). The Morgan fingerprint density at radius 1 is 1.42 bits per heavy atom. The van der Waals surface area contributed by atoms with Crippen molar-refractivity contribution in [3.63, 3.8) is 0 Å². The quantitative estimate of drug-likeness (QED) is 0.462. The molecule has 2 aromatic rings. The molecule has 128 valence electrons. The van der Waals surface area contributed by atoms with Crippen LogP contribution in [0.25, 0.3) is 0 Å². The van der Waals surface area contributed by atoms with Crippen LogP contribution in [0.15, 0.2) is 40.6 Å². The molecule has 6 nitrogen and oxygen atoms in total. The molecule has 1 heterocycles. The van der Waals surface area contributed by atoms with Crippen LogP contribution < -0.4 is 5.32 Å². The van der Waals surface area contributed by atoms with Gasteiger partial charge in [-0.05, 0) is 43.9 Å². The van der Waals surface area contributed by atoms with Crippen LogP contribution in [0.4, 0.5) is 5.69 Å². The van der Waals surface area contributed by atoms with Gasteiger partial charge in [0, 0.05) is 22.4 Å². The molecule has 24 heavy (non-hydrogen) atoms. The van der Waals surface area contributed by atoms with Crippen LogP contribution in [0.1, 0.15) is 21.3 Å². The van der Waals surface area contributed by atoms with E-state index in [1.165, 1.54) is 17.8 Å².